The Morgan fingerprint density at radius 3 is 3.12 bits per heavy atom. The molecule has 0 saturated carbocycles. The van der Waals surface area contributed by atoms with Gasteiger partial charge >= 0.3 is 0 Å². The molecule has 17 heavy (non-hydrogen) atoms. The first-order valence-corrected chi connectivity index (χ1v) is 7.04. The highest BCUT2D eigenvalue weighted by Crippen LogP contribution is 2.26. The van der Waals surface area contributed by atoms with E-state index >= 15 is 0 Å². The minimum atomic E-state index is 0.265. The Balaban J connectivity index is 1.91. The highest BCUT2D eigenvalue weighted by atomic mass is 35.5. The van der Waals surface area contributed by atoms with Crippen molar-refractivity contribution in [2.45, 2.75) is 6.54 Å². The third kappa shape index (κ3) is 2.24. The van der Waals surface area contributed by atoms with Gasteiger partial charge in [0, 0.05) is 5.38 Å². The molecule has 0 radical (unpaired) electrons. The fourth-order valence-electron chi connectivity index (χ4n) is 1.46. The number of halogens is 1. The molecule has 0 aliphatic carbocycles. The first kappa shape index (κ1) is 10.9. The predicted octanol–water partition coefficient (Wildman–Crippen LogP) is 3.41. The van der Waals surface area contributed by atoms with Crippen LogP contribution in [0.4, 0.5) is 5.82 Å². The zero-order chi connectivity index (χ0) is 11.7. The van der Waals surface area contributed by atoms with E-state index in [1.165, 1.54) is 0 Å². The molecular weight excluding hydrogens is 276 g/mol. The summed E-state index contributed by atoms with van der Waals surface area (Å²) in [6.45, 7) is 0.641. The minimum Gasteiger partial charge on any atom is -0.364 e. The number of nitrogens with zero attached hydrogens (tertiary/aromatic N) is 3. The predicted molar refractivity (Wildman–Crippen MR) is 71.9 cm³/mol. The van der Waals surface area contributed by atoms with E-state index in [1.54, 1.807) is 22.7 Å². The molecular formula is C10H7ClN4S2. The lowest BCUT2D eigenvalue weighted by molar-refractivity contribution is 1.05. The third-order valence-electron chi connectivity index (χ3n) is 2.22. The van der Waals surface area contributed by atoms with Crippen molar-refractivity contribution in [3.8, 4) is 0 Å². The monoisotopic (exact) mass is 282 g/mol. The maximum Gasteiger partial charge on any atom is 0.225 e. The average Bonchev–Trinajstić information content (AvgIpc) is 2.95. The summed E-state index contributed by atoms with van der Waals surface area (Å²) in [7, 11) is 0. The molecule has 3 aromatic rings. The van der Waals surface area contributed by atoms with Crippen LogP contribution in [0.25, 0.3) is 10.2 Å². The zero-order valence-electron chi connectivity index (χ0n) is 8.55. The summed E-state index contributed by atoms with van der Waals surface area (Å²) in [6, 6.07) is 1.99. The van der Waals surface area contributed by atoms with Crippen molar-refractivity contribution in [2.24, 2.45) is 0 Å². The van der Waals surface area contributed by atoms with Gasteiger partial charge in [-0.25, -0.2) is 15.0 Å². The quantitative estimate of drug-likeness (QED) is 0.748. The summed E-state index contributed by atoms with van der Waals surface area (Å²) >= 11 is 9.00. The number of nitrogens with one attached hydrogen (secondary N) is 1. The van der Waals surface area contributed by atoms with Crippen LogP contribution in [-0.2, 0) is 6.54 Å². The van der Waals surface area contributed by atoms with Gasteiger partial charge in [-0.3, -0.25) is 0 Å². The van der Waals surface area contributed by atoms with E-state index in [0.717, 1.165) is 21.7 Å². The highest BCUT2D eigenvalue weighted by Gasteiger charge is 2.07. The molecule has 4 nitrogen and oxygen atoms in total. The SMILES string of the molecule is Clc1nc(NCc2cscn2)c2ccsc2n1. The van der Waals surface area contributed by atoms with Crippen molar-refractivity contribution < 1.29 is 0 Å². The van der Waals surface area contributed by atoms with E-state index < -0.39 is 0 Å². The standard InChI is InChI=1S/C10H7ClN4S2/c11-10-14-8(7-1-2-17-9(7)15-10)12-3-6-4-16-5-13-6/h1-2,4-5H,3H2,(H,12,14,15). The number of anilines is 1. The van der Waals surface area contributed by atoms with E-state index in [1.807, 2.05) is 22.3 Å². The van der Waals surface area contributed by atoms with Crippen LogP contribution in [0, 0.1) is 0 Å². The summed E-state index contributed by atoms with van der Waals surface area (Å²) in [5, 5.41) is 8.47. The summed E-state index contributed by atoms with van der Waals surface area (Å²) < 4.78 is 0. The van der Waals surface area contributed by atoms with Gasteiger partial charge in [0.2, 0.25) is 5.28 Å². The smallest absolute Gasteiger partial charge is 0.225 e. The van der Waals surface area contributed by atoms with Gasteiger partial charge in [0.15, 0.2) is 0 Å². The van der Waals surface area contributed by atoms with Gasteiger partial charge in [-0.05, 0) is 23.0 Å². The molecule has 0 atom stereocenters. The number of hydrogen-bond acceptors (Lipinski definition) is 6. The van der Waals surface area contributed by atoms with Gasteiger partial charge in [-0.1, -0.05) is 0 Å². The number of thiophene rings is 1. The van der Waals surface area contributed by atoms with Crippen molar-refractivity contribution in [3.63, 3.8) is 0 Å². The van der Waals surface area contributed by atoms with E-state index in [4.69, 9.17) is 11.6 Å². The van der Waals surface area contributed by atoms with Crippen molar-refractivity contribution in [1.82, 2.24) is 15.0 Å². The van der Waals surface area contributed by atoms with Gasteiger partial charge < -0.3 is 5.32 Å². The molecule has 7 heteroatoms. The minimum absolute atomic E-state index is 0.265. The maximum atomic E-state index is 5.87. The lowest BCUT2D eigenvalue weighted by Gasteiger charge is -2.05. The van der Waals surface area contributed by atoms with Crippen LogP contribution < -0.4 is 5.32 Å². The first-order chi connectivity index (χ1) is 8.33. The maximum absolute atomic E-state index is 5.87. The highest BCUT2D eigenvalue weighted by molar-refractivity contribution is 7.16. The molecule has 3 rings (SSSR count). The second-order valence-corrected chi connectivity index (χ2v) is 5.27. The fourth-order valence-corrected chi connectivity index (χ4v) is 3.00. The second kappa shape index (κ2) is 4.56. The summed E-state index contributed by atoms with van der Waals surface area (Å²) in [4.78, 5) is 13.5. The van der Waals surface area contributed by atoms with E-state index in [-0.39, 0.29) is 5.28 Å². The summed E-state index contributed by atoms with van der Waals surface area (Å²) in [5.41, 5.74) is 2.80. The van der Waals surface area contributed by atoms with E-state index in [0.29, 0.717) is 6.54 Å². The Morgan fingerprint density at radius 1 is 1.35 bits per heavy atom. The third-order valence-corrected chi connectivity index (χ3v) is 3.83. The zero-order valence-corrected chi connectivity index (χ0v) is 10.9. The summed E-state index contributed by atoms with van der Waals surface area (Å²) in [6.07, 6.45) is 0. The number of hydrogen-bond donors (Lipinski definition) is 1. The Labute approximate surface area is 110 Å². The fraction of sp³-hybridized carbons (Fsp3) is 0.100. The van der Waals surface area contributed by atoms with Crippen LogP contribution in [0.5, 0.6) is 0 Å². The van der Waals surface area contributed by atoms with Crippen molar-refractivity contribution in [3.05, 3.63) is 33.3 Å². The largest absolute Gasteiger partial charge is 0.364 e. The first-order valence-electron chi connectivity index (χ1n) is 4.84. The van der Waals surface area contributed by atoms with E-state index in [2.05, 4.69) is 20.3 Å². The van der Waals surface area contributed by atoms with E-state index in [9.17, 15) is 0 Å². The van der Waals surface area contributed by atoms with Gasteiger partial charge in [-0.2, -0.15) is 0 Å². The van der Waals surface area contributed by atoms with Crippen LogP contribution in [0.15, 0.2) is 22.3 Å². The average molecular weight is 283 g/mol. The van der Waals surface area contributed by atoms with Gasteiger partial charge in [0.1, 0.15) is 10.6 Å². The molecule has 3 aromatic heterocycles. The molecule has 0 fully saturated rings. The van der Waals surface area contributed by atoms with Crippen LogP contribution >= 0.6 is 34.3 Å². The molecule has 86 valence electrons. The molecule has 0 aliphatic heterocycles. The Bertz CT molecular complexity index is 635. The lowest BCUT2D eigenvalue weighted by Crippen LogP contribution is -2.02. The van der Waals surface area contributed by atoms with Crippen LogP contribution in [-0.4, -0.2) is 15.0 Å². The Morgan fingerprint density at radius 2 is 2.29 bits per heavy atom. The molecule has 0 bridgehead atoms. The second-order valence-electron chi connectivity index (χ2n) is 3.31. The Kier molecular flexibility index (Phi) is 2.92. The van der Waals surface area contributed by atoms with Gasteiger partial charge in [0.05, 0.1) is 23.1 Å². The number of aromatic nitrogens is 3. The van der Waals surface area contributed by atoms with Crippen molar-refractivity contribution in [2.75, 3.05) is 5.32 Å². The Hall–Kier alpha value is -1.24. The van der Waals surface area contributed by atoms with Crippen LogP contribution in [0.2, 0.25) is 5.28 Å². The number of fused-ring (bicyclic) bond motifs is 1. The number of thiazole rings is 1. The normalized spacial score (nSPS) is 10.9. The number of rotatable bonds is 3. The molecule has 0 aromatic carbocycles. The molecule has 1 N–H and O–H groups in total. The van der Waals surface area contributed by atoms with Crippen LogP contribution in [0.1, 0.15) is 5.69 Å². The molecule has 0 aliphatic rings. The molecule has 0 amide bonds. The molecule has 0 unspecified atom stereocenters. The molecule has 0 spiro atoms. The molecule has 3 heterocycles. The van der Waals surface area contributed by atoms with Crippen molar-refractivity contribution >= 4 is 50.3 Å². The lowest BCUT2D eigenvalue weighted by atomic mass is 10.3. The van der Waals surface area contributed by atoms with Gasteiger partial charge in [-0.15, -0.1) is 22.7 Å². The van der Waals surface area contributed by atoms with Crippen molar-refractivity contribution in [1.29, 1.82) is 0 Å². The van der Waals surface area contributed by atoms with Gasteiger partial charge in [0.25, 0.3) is 0 Å². The summed E-state index contributed by atoms with van der Waals surface area (Å²) in [5.74, 6) is 0.759. The molecule has 0 saturated heterocycles. The van der Waals surface area contributed by atoms with Crippen LogP contribution in [0.3, 0.4) is 0 Å². The topological polar surface area (TPSA) is 50.7 Å².